The second-order valence-electron chi connectivity index (χ2n) is 5.11. The molecule has 0 saturated heterocycles. The zero-order chi connectivity index (χ0) is 16.8. The number of carbonyl (C=O) groups excluding carboxylic acids is 1. The maximum atomic E-state index is 12.1. The molecule has 0 unspecified atom stereocenters. The van der Waals surface area contributed by atoms with Crippen LogP contribution in [0.3, 0.4) is 0 Å². The van der Waals surface area contributed by atoms with E-state index in [1.54, 1.807) is 4.57 Å². The highest BCUT2D eigenvalue weighted by atomic mass is 127. The molecule has 1 heterocycles. The summed E-state index contributed by atoms with van der Waals surface area (Å²) in [7, 11) is 0. The largest absolute Gasteiger partial charge is 0.343 e. The predicted molar refractivity (Wildman–Crippen MR) is 101 cm³/mol. The van der Waals surface area contributed by atoms with E-state index in [4.69, 9.17) is 0 Å². The van der Waals surface area contributed by atoms with Crippen molar-refractivity contribution in [2.75, 3.05) is 11.1 Å². The molecule has 0 spiro atoms. The Kier molecular flexibility index (Phi) is 6.70. The van der Waals surface area contributed by atoms with Gasteiger partial charge in [0, 0.05) is 15.8 Å². The number of H-pyrrole nitrogens is 1. The summed E-state index contributed by atoms with van der Waals surface area (Å²) in [5, 5.41) is 9.87. The SMILES string of the molecule is CCCCn1c(SCC(=O)Nc2ccc(I)cc2C)n[nH]c1=O. The van der Waals surface area contributed by atoms with E-state index in [9.17, 15) is 9.59 Å². The van der Waals surface area contributed by atoms with Crippen LogP contribution in [0.25, 0.3) is 0 Å². The quantitative estimate of drug-likeness (QED) is 0.506. The van der Waals surface area contributed by atoms with Gasteiger partial charge in [0.05, 0.1) is 5.75 Å². The van der Waals surface area contributed by atoms with Crippen LogP contribution in [-0.4, -0.2) is 26.4 Å². The van der Waals surface area contributed by atoms with Gasteiger partial charge >= 0.3 is 5.69 Å². The lowest BCUT2D eigenvalue weighted by atomic mass is 10.2. The highest BCUT2D eigenvalue weighted by Crippen LogP contribution is 2.19. The number of nitrogens with one attached hydrogen (secondary N) is 2. The van der Waals surface area contributed by atoms with Crippen molar-refractivity contribution in [3.05, 3.63) is 37.8 Å². The molecule has 1 amide bonds. The number of unbranched alkanes of at least 4 members (excludes halogenated alkanes) is 1. The highest BCUT2D eigenvalue weighted by Gasteiger charge is 2.12. The average Bonchev–Trinajstić information content (AvgIpc) is 2.86. The Hall–Kier alpha value is -1.29. The number of aromatic amines is 1. The lowest BCUT2D eigenvalue weighted by Crippen LogP contribution is -2.19. The van der Waals surface area contributed by atoms with Crippen LogP contribution in [-0.2, 0) is 11.3 Å². The van der Waals surface area contributed by atoms with Crippen LogP contribution in [0.15, 0.2) is 28.2 Å². The molecular formula is C15H19IN4O2S. The maximum absolute atomic E-state index is 12.1. The van der Waals surface area contributed by atoms with Gasteiger partial charge in [-0.1, -0.05) is 25.1 Å². The first-order valence-electron chi connectivity index (χ1n) is 7.35. The van der Waals surface area contributed by atoms with Gasteiger partial charge < -0.3 is 5.32 Å². The van der Waals surface area contributed by atoms with Crippen LogP contribution in [0.5, 0.6) is 0 Å². The summed E-state index contributed by atoms with van der Waals surface area (Å²) in [6.07, 6.45) is 1.90. The summed E-state index contributed by atoms with van der Waals surface area (Å²) in [6, 6.07) is 5.86. The summed E-state index contributed by atoms with van der Waals surface area (Å²) in [6.45, 7) is 4.64. The van der Waals surface area contributed by atoms with E-state index in [-0.39, 0.29) is 17.3 Å². The van der Waals surface area contributed by atoms with Crippen molar-refractivity contribution in [1.82, 2.24) is 14.8 Å². The van der Waals surface area contributed by atoms with Crippen molar-refractivity contribution < 1.29 is 4.79 Å². The van der Waals surface area contributed by atoms with E-state index < -0.39 is 0 Å². The third-order valence-electron chi connectivity index (χ3n) is 3.25. The average molecular weight is 446 g/mol. The Labute approximate surface area is 152 Å². The molecule has 1 aromatic carbocycles. The second kappa shape index (κ2) is 8.53. The van der Waals surface area contributed by atoms with Gasteiger partial charge in [0.25, 0.3) is 0 Å². The summed E-state index contributed by atoms with van der Waals surface area (Å²) >= 11 is 3.50. The number of hydrogen-bond acceptors (Lipinski definition) is 4. The minimum absolute atomic E-state index is 0.114. The number of thioether (sulfide) groups is 1. The number of benzene rings is 1. The molecule has 124 valence electrons. The van der Waals surface area contributed by atoms with Crippen LogP contribution in [0.1, 0.15) is 25.3 Å². The van der Waals surface area contributed by atoms with Crippen molar-refractivity contribution in [3.8, 4) is 0 Å². The zero-order valence-electron chi connectivity index (χ0n) is 13.1. The van der Waals surface area contributed by atoms with Crippen LogP contribution in [0, 0.1) is 10.5 Å². The normalized spacial score (nSPS) is 10.7. The van der Waals surface area contributed by atoms with Gasteiger partial charge in [-0.15, -0.1) is 5.10 Å². The summed E-state index contributed by atoms with van der Waals surface area (Å²) in [5.74, 6) is 0.0961. The van der Waals surface area contributed by atoms with Gasteiger partial charge in [0.2, 0.25) is 5.91 Å². The summed E-state index contributed by atoms with van der Waals surface area (Å²) < 4.78 is 2.71. The smallest absolute Gasteiger partial charge is 0.325 e. The molecule has 0 aliphatic carbocycles. The van der Waals surface area contributed by atoms with Gasteiger partial charge in [-0.05, 0) is 59.7 Å². The first-order valence-corrected chi connectivity index (χ1v) is 9.41. The van der Waals surface area contributed by atoms with E-state index in [1.807, 2.05) is 25.1 Å². The molecular weight excluding hydrogens is 427 g/mol. The fourth-order valence-electron chi connectivity index (χ4n) is 2.01. The Morgan fingerprint density at radius 3 is 2.96 bits per heavy atom. The van der Waals surface area contributed by atoms with Crippen molar-refractivity contribution in [3.63, 3.8) is 0 Å². The number of rotatable bonds is 7. The Balaban J connectivity index is 1.95. The molecule has 2 rings (SSSR count). The molecule has 2 N–H and O–H groups in total. The second-order valence-corrected chi connectivity index (χ2v) is 7.30. The van der Waals surface area contributed by atoms with E-state index >= 15 is 0 Å². The third kappa shape index (κ3) is 5.10. The molecule has 0 bridgehead atoms. The van der Waals surface area contributed by atoms with E-state index in [2.05, 4.69) is 45.0 Å². The first kappa shape index (κ1) is 18.1. The number of hydrogen-bond donors (Lipinski definition) is 2. The lowest BCUT2D eigenvalue weighted by molar-refractivity contribution is -0.113. The van der Waals surface area contributed by atoms with Crippen LogP contribution < -0.4 is 11.0 Å². The molecule has 0 saturated carbocycles. The van der Waals surface area contributed by atoms with Crippen molar-refractivity contribution in [2.24, 2.45) is 0 Å². The van der Waals surface area contributed by atoms with E-state index in [0.29, 0.717) is 11.7 Å². The van der Waals surface area contributed by atoms with E-state index in [1.165, 1.54) is 11.8 Å². The number of aryl methyl sites for hydroxylation is 1. The Bertz CT molecular complexity index is 741. The minimum atomic E-state index is -0.227. The van der Waals surface area contributed by atoms with Crippen LogP contribution in [0.2, 0.25) is 0 Å². The number of carbonyl (C=O) groups is 1. The lowest BCUT2D eigenvalue weighted by Gasteiger charge is -2.09. The first-order chi connectivity index (χ1) is 11.0. The van der Waals surface area contributed by atoms with Crippen molar-refractivity contribution >= 4 is 45.9 Å². The standard InChI is InChI=1S/C15H19IN4O2S/c1-3-4-7-20-14(22)18-19-15(20)23-9-13(21)17-12-6-5-11(16)8-10(12)2/h5-6,8H,3-4,7,9H2,1-2H3,(H,17,21)(H,18,22). The predicted octanol–water partition coefficient (Wildman–Crippen LogP) is 3.02. The molecule has 0 radical (unpaired) electrons. The van der Waals surface area contributed by atoms with Gasteiger partial charge in [0.15, 0.2) is 5.16 Å². The van der Waals surface area contributed by atoms with Gasteiger partial charge in [-0.25, -0.2) is 9.89 Å². The van der Waals surface area contributed by atoms with Gasteiger partial charge in [-0.2, -0.15) is 0 Å². The van der Waals surface area contributed by atoms with Gasteiger partial charge in [-0.3, -0.25) is 9.36 Å². The molecule has 1 aromatic heterocycles. The summed E-state index contributed by atoms with van der Waals surface area (Å²) in [5.41, 5.74) is 1.60. The van der Waals surface area contributed by atoms with Crippen molar-refractivity contribution in [2.45, 2.75) is 38.4 Å². The number of nitrogens with zero attached hydrogens (tertiary/aromatic N) is 2. The molecule has 23 heavy (non-hydrogen) atoms. The topological polar surface area (TPSA) is 79.8 Å². The molecule has 0 atom stereocenters. The molecule has 0 aliphatic heterocycles. The number of amides is 1. The number of halogens is 1. The number of aromatic nitrogens is 3. The molecule has 0 fully saturated rings. The van der Waals surface area contributed by atoms with Crippen LogP contribution >= 0.6 is 34.4 Å². The summed E-state index contributed by atoms with van der Waals surface area (Å²) in [4.78, 5) is 23.8. The highest BCUT2D eigenvalue weighted by molar-refractivity contribution is 14.1. The maximum Gasteiger partial charge on any atom is 0.343 e. The monoisotopic (exact) mass is 446 g/mol. The third-order valence-corrected chi connectivity index (χ3v) is 4.90. The van der Waals surface area contributed by atoms with E-state index in [0.717, 1.165) is 27.7 Å². The Morgan fingerprint density at radius 1 is 1.48 bits per heavy atom. The molecule has 6 nitrogen and oxygen atoms in total. The van der Waals surface area contributed by atoms with Crippen molar-refractivity contribution in [1.29, 1.82) is 0 Å². The molecule has 2 aromatic rings. The number of anilines is 1. The van der Waals surface area contributed by atoms with Crippen LogP contribution in [0.4, 0.5) is 5.69 Å². The molecule has 0 aliphatic rings. The van der Waals surface area contributed by atoms with Gasteiger partial charge in [0.1, 0.15) is 0 Å². The minimum Gasteiger partial charge on any atom is -0.325 e. The zero-order valence-corrected chi connectivity index (χ0v) is 16.0. The molecule has 8 heteroatoms. The Morgan fingerprint density at radius 2 is 2.26 bits per heavy atom. The fraction of sp³-hybridized carbons (Fsp3) is 0.400. The fourth-order valence-corrected chi connectivity index (χ4v) is 3.43.